The van der Waals surface area contributed by atoms with Crippen LogP contribution < -0.4 is 0 Å². The first kappa shape index (κ1) is 19.3. The molecule has 0 aliphatic rings. The zero-order valence-electron chi connectivity index (χ0n) is 15.8. The highest BCUT2D eigenvalue weighted by atomic mass is 32.2. The number of aromatic nitrogens is 2. The Balaban J connectivity index is 2.03. The van der Waals surface area contributed by atoms with Crippen molar-refractivity contribution in [1.29, 1.82) is 0 Å². The van der Waals surface area contributed by atoms with E-state index in [2.05, 4.69) is 9.55 Å². The minimum absolute atomic E-state index is 0.166. The highest BCUT2D eigenvalue weighted by Crippen LogP contribution is 2.31. The average Bonchev–Trinajstić information content (AvgIpc) is 3.05. The van der Waals surface area contributed by atoms with Crippen LogP contribution in [-0.4, -0.2) is 36.9 Å². The first-order valence-corrected chi connectivity index (χ1v) is 10.8. The van der Waals surface area contributed by atoms with E-state index in [4.69, 9.17) is 4.74 Å². The molecule has 0 N–H and O–H groups in total. The second-order valence-corrected chi connectivity index (χ2v) is 8.73. The summed E-state index contributed by atoms with van der Waals surface area (Å²) in [4.78, 5) is 4.93. The van der Waals surface area contributed by atoms with Crippen LogP contribution in [0, 0.1) is 0 Å². The number of hydrogen-bond donors (Lipinski definition) is 0. The average molecular weight is 385 g/mol. The van der Waals surface area contributed by atoms with Gasteiger partial charge in [0.25, 0.3) is 0 Å². The molecule has 3 rings (SSSR count). The lowest BCUT2D eigenvalue weighted by Gasteiger charge is -2.13. The van der Waals surface area contributed by atoms with Gasteiger partial charge in [-0.1, -0.05) is 42.5 Å². The van der Waals surface area contributed by atoms with Gasteiger partial charge < -0.3 is 9.30 Å². The summed E-state index contributed by atoms with van der Waals surface area (Å²) in [6.45, 7) is 5.26. The van der Waals surface area contributed by atoms with Crippen molar-refractivity contribution in [2.75, 3.05) is 12.9 Å². The molecule has 142 valence electrons. The predicted octanol–water partition coefficient (Wildman–Crippen LogP) is 4.05. The number of imidazole rings is 1. The van der Waals surface area contributed by atoms with Crippen LogP contribution in [0.15, 0.2) is 65.8 Å². The van der Waals surface area contributed by atoms with Gasteiger partial charge in [0.05, 0.1) is 35.3 Å². The maximum Gasteiger partial charge on any atom is 0.175 e. The van der Waals surface area contributed by atoms with Gasteiger partial charge in [0, 0.05) is 23.9 Å². The van der Waals surface area contributed by atoms with E-state index >= 15 is 0 Å². The van der Waals surface area contributed by atoms with Gasteiger partial charge in [-0.2, -0.15) is 0 Å². The molecule has 27 heavy (non-hydrogen) atoms. The Morgan fingerprint density at radius 3 is 2.26 bits per heavy atom. The predicted molar refractivity (Wildman–Crippen MR) is 107 cm³/mol. The standard InChI is InChI=1S/C21H24N2O3S/c1-16(2)26-14-13-23-15-22-20(17-7-5-4-6-8-17)21(23)18-9-11-19(12-10-18)27(3,24)25/h4-12,15-16H,13-14H2,1-3H3. The summed E-state index contributed by atoms with van der Waals surface area (Å²) in [6, 6.07) is 16.9. The fraction of sp³-hybridized carbons (Fsp3) is 0.286. The normalized spacial score (nSPS) is 11.9. The Morgan fingerprint density at radius 1 is 1.00 bits per heavy atom. The smallest absolute Gasteiger partial charge is 0.175 e. The number of benzene rings is 2. The summed E-state index contributed by atoms with van der Waals surface area (Å²) >= 11 is 0. The largest absolute Gasteiger partial charge is 0.377 e. The molecule has 0 unspecified atom stereocenters. The summed E-state index contributed by atoms with van der Waals surface area (Å²) in [6.07, 6.45) is 3.19. The van der Waals surface area contributed by atoms with E-state index in [1.54, 1.807) is 12.1 Å². The summed E-state index contributed by atoms with van der Waals surface area (Å²) in [5.41, 5.74) is 3.76. The van der Waals surface area contributed by atoms with Gasteiger partial charge >= 0.3 is 0 Å². The molecule has 0 saturated carbocycles. The number of nitrogens with zero attached hydrogens (tertiary/aromatic N) is 2. The second-order valence-electron chi connectivity index (χ2n) is 6.72. The first-order valence-electron chi connectivity index (χ1n) is 8.89. The van der Waals surface area contributed by atoms with Crippen molar-refractivity contribution >= 4 is 9.84 Å². The van der Waals surface area contributed by atoms with E-state index in [9.17, 15) is 8.42 Å². The van der Waals surface area contributed by atoms with E-state index in [1.165, 1.54) is 6.26 Å². The van der Waals surface area contributed by atoms with E-state index in [0.29, 0.717) is 18.0 Å². The van der Waals surface area contributed by atoms with E-state index < -0.39 is 9.84 Å². The Hall–Kier alpha value is -2.44. The molecule has 1 heterocycles. The maximum absolute atomic E-state index is 11.8. The molecule has 0 aliphatic carbocycles. The number of sulfone groups is 1. The lowest BCUT2D eigenvalue weighted by Crippen LogP contribution is -2.10. The molecule has 0 aliphatic heterocycles. The summed E-state index contributed by atoms with van der Waals surface area (Å²) in [5.74, 6) is 0. The molecule has 0 atom stereocenters. The summed E-state index contributed by atoms with van der Waals surface area (Å²) < 4.78 is 31.3. The maximum atomic E-state index is 11.8. The fourth-order valence-electron chi connectivity index (χ4n) is 2.91. The van der Waals surface area contributed by atoms with Gasteiger partial charge in [0.1, 0.15) is 0 Å². The van der Waals surface area contributed by atoms with Gasteiger partial charge in [-0.25, -0.2) is 13.4 Å². The summed E-state index contributed by atoms with van der Waals surface area (Å²) in [7, 11) is -3.23. The number of ether oxygens (including phenoxy) is 1. The van der Waals surface area contributed by atoms with Crippen LogP contribution in [-0.2, 0) is 21.1 Å². The van der Waals surface area contributed by atoms with Crippen LogP contribution in [0.2, 0.25) is 0 Å². The molecule has 0 fully saturated rings. The van der Waals surface area contributed by atoms with Gasteiger partial charge in [-0.3, -0.25) is 0 Å². The molecule has 6 heteroatoms. The molecule has 0 radical (unpaired) electrons. The molecule has 2 aromatic carbocycles. The quantitative estimate of drug-likeness (QED) is 0.617. The van der Waals surface area contributed by atoms with Crippen molar-refractivity contribution in [2.24, 2.45) is 0 Å². The summed E-state index contributed by atoms with van der Waals surface area (Å²) in [5, 5.41) is 0. The topological polar surface area (TPSA) is 61.2 Å². The zero-order valence-corrected chi connectivity index (χ0v) is 16.6. The van der Waals surface area contributed by atoms with Gasteiger partial charge in [0.2, 0.25) is 0 Å². The van der Waals surface area contributed by atoms with Crippen molar-refractivity contribution in [3.63, 3.8) is 0 Å². The Morgan fingerprint density at radius 2 is 1.67 bits per heavy atom. The van der Waals surface area contributed by atoms with E-state index in [1.807, 2.05) is 62.6 Å². The minimum Gasteiger partial charge on any atom is -0.377 e. The van der Waals surface area contributed by atoms with E-state index in [0.717, 1.165) is 22.5 Å². The third-order valence-corrected chi connectivity index (χ3v) is 5.35. The third-order valence-electron chi connectivity index (χ3n) is 4.22. The molecular formula is C21H24N2O3S. The molecule has 0 saturated heterocycles. The highest BCUT2D eigenvalue weighted by Gasteiger charge is 2.16. The first-order chi connectivity index (χ1) is 12.9. The van der Waals surface area contributed by atoms with Crippen LogP contribution >= 0.6 is 0 Å². The Bertz CT molecular complexity index is 992. The van der Waals surface area contributed by atoms with Crippen molar-refractivity contribution in [1.82, 2.24) is 9.55 Å². The van der Waals surface area contributed by atoms with Crippen molar-refractivity contribution in [3.8, 4) is 22.5 Å². The number of rotatable bonds is 7. The number of hydrogen-bond acceptors (Lipinski definition) is 4. The van der Waals surface area contributed by atoms with Crippen molar-refractivity contribution < 1.29 is 13.2 Å². The molecule has 3 aromatic rings. The Kier molecular flexibility index (Phi) is 5.77. The monoisotopic (exact) mass is 384 g/mol. The molecule has 0 bridgehead atoms. The molecule has 0 spiro atoms. The fourth-order valence-corrected chi connectivity index (χ4v) is 3.54. The molecule has 1 aromatic heterocycles. The molecular weight excluding hydrogens is 360 g/mol. The van der Waals surface area contributed by atoms with Crippen LogP contribution in [0.4, 0.5) is 0 Å². The highest BCUT2D eigenvalue weighted by molar-refractivity contribution is 7.90. The van der Waals surface area contributed by atoms with Crippen LogP contribution in [0.25, 0.3) is 22.5 Å². The molecule has 5 nitrogen and oxygen atoms in total. The van der Waals surface area contributed by atoms with Crippen molar-refractivity contribution in [2.45, 2.75) is 31.4 Å². The SMILES string of the molecule is CC(C)OCCn1cnc(-c2ccccc2)c1-c1ccc(S(C)(=O)=O)cc1. The van der Waals surface area contributed by atoms with E-state index in [-0.39, 0.29) is 6.10 Å². The van der Waals surface area contributed by atoms with Crippen LogP contribution in [0.1, 0.15) is 13.8 Å². The van der Waals surface area contributed by atoms with Gasteiger partial charge in [0.15, 0.2) is 9.84 Å². The minimum atomic E-state index is -3.23. The molecule has 0 amide bonds. The van der Waals surface area contributed by atoms with Crippen molar-refractivity contribution in [3.05, 3.63) is 60.9 Å². The lowest BCUT2D eigenvalue weighted by atomic mass is 10.0. The second kappa shape index (κ2) is 8.06. The Labute approximate surface area is 160 Å². The van der Waals surface area contributed by atoms with Gasteiger partial charge in [-0.15, -0.1) is 0 Å². The zero-order chi connectivity index (χ0) is 19.4. The van der Waals surface area contributed by atoms with Gasteiger partial charge in [-0.05, 0) is 26.0 Å². The third kappa shape index (κ3) is 4.64. The van der Waals surface area contributed by atoms with Crippen LogP contribution in [0.5, 0.6) is 0 Å². The van der Waals surface area contributed by atoms with Crippen LogP contribution in [0.3, 0.4) is 0 Å². The lowest BCUT2D eigenvalue weighted by molar-refractivity contribution is 0.0729.